The highest BCUT2D eigenvalue weighted by atomic mass is 35.5. The van der Waals surface area contributed by atoms with Gasteiger partial charge in [-0.05, 0) is 43.2 Å². The van der Waals surface area contributed by atoms with Gasteiger partial charge in [0.1, 0.15) is 5.75 Å². The van der Waals surface area contributed by atoms with Crippen molar-refractivity contribution in [3.05, 3.63) is 55.4 Å². The average molecular weight is 368 g/mol. The number of carbonyl (C=O) groups is 1. The van der Waals surface area contributed by atoms with E-state index in [2.05, 4.69) is 10.5 Å². The van der Waals surface area contributed by atoms with Crippen LogP contribution in [0.3, 0.4) is 0 Å². The van der Waals surface area contributed by atoms with E-state index < -0.39 is 10.8 Å². The van der Waals surface area contributed by atoms with E-state index in [4.69, 9.17) is 16.3 Å². The first-order chi connectivity index (χ1) is 11.4. The summed E-state index contributed by atoms with van der Waals surface area (Å²) in [5.41, 5.74) is 4.03. The highest BCUT2D eigenvalue weighted by Crippen LogP contribution is 2.25. The Bertz CT molecular complexity index is 781. The molecule has 7 nitrogen and oxygen atoms in total. The van der Waals surface area contributed by atoms with Gasteiger partial charge in [-0.2, -0.15) is 5.10 Å². The number of halogens is 1. The van der Waals surface area contributed by atoms with Crippen molar-refractivity contribution in [3.63, 3.8) is 0 Å². The maximum atomic E-state index is 11.7. The highest BCUT2D eigenvalue weighted by Gasteiger charge is 2.08. The lowest BCUT2D eigenvalue weighted by atomic mass is 10.1. The van der Waals surface area contributed by atoms with Crippen molar-refractivity contribution in [1.29, 1.82) is 0 Å². The molecule has 1 heterocycles. The van der Waals surface area contributed by atoms with Crippen LogP contribution in [0, 0.1) is 24.0 Å². The van der Waals surface area contributed by atoms with Gasteiger partial charge in [-0.15, -0.1) is 0 Å². The van der Waals surface area contributed by atoms with Gasteiger partial charge in [0.05, 0.1) is 16.0 Å². The molecule has 0 aliphatic carbocycles. The number of aryl methyl sites for hydroxylation is 2. The van der Waals surface area contributed by atoms with Crippen LogP contribution >= 0.6 is 22.9 Å². The lowest BCUT2D eigenvalue weighted by molar-refractivity contribution is -0.380. The van der Waals surface area contributed by atoms with Crippen molar-refractivity contribution in [2.75, 3.05) is 6.61 Å². The van der Waals surface area contributed by atoms with Crippen LogP contribution in [0.25, 0.3) is 0 Å². The molecule has 2 rings (SSSR count). The van der Waals surface area contributed by atoms with Gasteiger partial charge >= 0.3 is 5.00 Å². The SMILES string of the molecule is Cc1cc(OCC(=O)N/N=C\c2ccc([N+](=O)[O-])s2)cc(C)c1Cl. The molecule has 0 spiro atoms. The van der Waals surface area contributed by atoms with Gasteiger partial charge in [-0.25, -0.2) is 5.43 Å². The summed E-state index contributed by atoms with van der Waals surface area (Å²) in [5.74, 6) is 0.102. The van der Waals surface area contributed by atoms with Crippen molar-refractivity contribution in [1.82, 2.24) is 5.43 Å². The molecule has 0 aliphatic heterocycles. The molecule has 1 amide bonds. The third kappa shape index (κ3) is 4.77. The number of nitro groups is 1. The van der Waals surface area contributed by atoms with Gasteiger partial charge in [0.2, 0.25) is 0 Å². The maximum absolute atomic E-state index is 11.7. The fourth-order valence-corrected chi connectivity index (χ4v) is 2.65. The number of hydrogen-bond acceptors (Lipinski definition) is 6. The summed E-state index contributed by atoms with van der Waals surface area (Å²) in [5, 5.41) is 15.0. The molecule has 1 aromatic heterocycles. The molecule has 24 heavy (non-hydrogen) atoms. The first-order valence-corrected chi connectivity index (χ1v) is 8.02. The number of carbonyl (C=O) groups excluding carboxylic acids is 1. The molecule has 0 atom stereocenters. The Kier molecular flexibility index (Phi) is 5.88. The van der Waals surface area contributed by atoms with Crippen molar-refractivity contribution in [3.8, 4) is 5.75 Å². The van der Waals surface area contributed by atoms with E-state index in [1.54, 1.807) is 18.2 Å². The molecule has 1 N–H and O–H groups in total. The molecule has 0 aliphatic rings. The minimum absolute atomic E-state index is 0.0135. The van der Waals surface area contributed by atoms with Gasteiger partial charge in [0, 0.05) is 11.1 Å². The highest BCUT2D eigenvalue weighted by molar-refractivity contribution is 7.16. The van der Waals surface area contributed by atoms with Crippen molar-refractivity contribution in [2.24, 2.45) is 5.10 Å². The number of rotatable bonds is 6. The first-order valence-electron chi connectivity index (χ1n) is 6.82. The van der Waals surface area contributed by atoms with Crippen molar-refractivity contribution >= 4 is 40.1 Å². The Morgan fingerprint density at radius 2 is 2.08 bits per heavy atom. The largest absolute Gasteiger partial charge is 0.484 e. The van der Waals surface area contributed by atoms with Crippen LogP contribution in [0.2, 0.25) is 5.02 Å². The molecule has 1 aromatic carbocycles. The lowest BCUT2D eigenvalue weighted by Gasteiger charge is -2.09. The van der Waals surface area contributed by atoms with Crippen LogP contribution in [-0.4, -0.2) is 23.7 Å². The monoisotopic (exact) mass is 367 g/mol. The number of ether oxygens (including phenoxy) is 1. The van der Waals surface area contributed by atoms with Crippen molar-refractivity contribution in [2.45, 2.75) is 13.8 Å². The standard InChI is InChI=1S/C15H14ClN3O4S/c1-9-5-11(6-10(2)15(9)16)23-8-13(20)18-17-7-12-3-4-14(24-12)19(21)22/h3-7H,8H2,1-2H3,(H,18,20)/b17-7-. The first kappa shape index (κ1) is 17.9. The second-order valence-electron chi connectivity index (χ2n) is 4.89. The summed E-state index contributed by atoms with van der Waals surface area (Å²) in [4.78, 5) is 22.3. The molecule has 0 saturated carbocycles. The molecule has 0 unspecified atom stereocenters. The maximum Gasteiger partial charge on any atom is 0.324 e. The number of thiophene rings is 1. The van der Waals surface area contributed by atoms with Gasteiger partial charge < -0.3 is 4.74 Å². The second-order valence-corrected chi connectivity index (χ2v) is 6.36. The number of benzene rings is 1. The zero-order chi connectivity index (χ0) is 17.7. The minimum atomic E-state index is -0.482. The van der Waals surface area contributed by atoms with Gasteiger partial charge in [0.15, 0.2) is 6.61 Å². The topological polar surface area (TPSA) is 93.8 Å². The Morgan fingerprint density at radius 3 is 2.67 bits per heavy atom. The van der Waals surface area contributed by atoms with Gasteiger partial charge in [-0.3, -0.25) is 14.9 Å². The van der Waals surface area contributed by atoms with Gasteiger partial charge in [0.25, 0.3) is 5.91 Å². The van der Waals surface area contributed by atoms with E-state index in [1.807, 2.05) is 13.8 Å². The van der Waals surface area contributed by atoms with Crippen LogP contribution < -0.4 is 10.2 Å². The average Bonchev–Trinajstić information content (AvgIpc) is 2.99. The van der Waals surface area contributed by atoms with Crippen LogP contribution in [0.15, 0.2) is 29.4 Å². The normalized spacial score (nSPS) is 10.8. The molecule has 0 saturated heterocycles. The summed E-state index contributed by atoms with van der Waals surface area (Å²) in [6, 6.07) is 6.42. The summed E-state index contributed by atoms with van der Waals surface area (Å²) < 4.78 is 5.39. The zero-order valence-electron chi connectivity index (χ0n) is 12.9. The number of amides is 1. The number of hydrogen-bond donors (Lipinski definition) is 1. The molecular weight excluding hydrogens is 354 g/mol. The Morgan fingerprint density at radius 1 is 1.42 bits per heavy atom. The summed E-state index contributed by atoms with van der Waals surface area (Å²) in [6.45, 7) is 3.50. The molecule has 0 radical (unpaired) electrons. The van der Waals surface area contributed by atoms with Crippen molar-refractivity contribution < 1.29 is 14.5 Å². The summed E-state index contributed by atoms with van der Waals surface area (Å²) in [6.07, 6.45) is 1.34. The summed E-state index contributed by atoms with van der Waals surface area (Å²) >= 11 is 7.03. The second kappa shape index (κ2) is 7.89. The third-order valence-electron chi connectivity index (χ3n) is 2.95. The molecule has 0 bridgehead atoms. The predicted octanol–water partition coefficient (Wildman–Crippen LogP) is 3.46. The fraction of sp³-hybridized carbons (Fsp3) is 0.200. The van der Waals surface area contributed by atoms with Crippen LogP contribution in [-0.2, 0) is 4.79 Å². The van der Waals surface area contributed by atoms with E-state index in [0.717, 1.165) is 22.5 Å². The van der Waals surface area contributed by atoms with E-state index in [0.29, 0.717) is 15.6 Å². The quantitative estimate of drug-likeness (QED) is 0.480. The van der Waals surface area contributed by atoms with Crippen LogP contribution in [0.5, 0.6) is 5.75 Å². The molecular formula is C15H14ClN3O4S. The zero-order valence-corrected chi connectivity index (χ0v) is 14.5. The minimum Gasteiger partial charge on any atom is -0.484 e. The number of nitrogens with one attached hydrogen (secondary N) is 1. The van der Waals surface area contributed by atoms with Crippen LogP contribution in [0.1, 0.15) is 16.0 Å². The van der Waals surface area contributed by atoms with Crippen LogP contribution in [0.4, 0.5) is 5.00 Å². The number of nitrogens with zero attached hydrogens (tertiary/aromatic N) is 2. The Hall–Kier alpha value is -2.45. The Labute approximate surface area is 147 Å². The number of hydrazone groups is 1. The fourth-order valence-electron chi connectivity index (χ4n) is 1.85. The summed E-state index contributed by atoms with van der Waals surface area (Å²) in [7, 11) is 0. The molecule has 2 aromatic rings. The molecule has 126 valence electrons. The third-order valence-corrected chi connectivity index (χ3v) is 4.52. The van der Waals surface area contributed by atoms with E-state index in [-0.39, 0.29) is 11.6 Å². The van der Waals surface area contributed by atoms with E-state index >= 15 is 0 Å². The van der Waals surface area contributed by atoms with Gasteiger partial charge in [-0.1, -0.05) is 22.9 Å². The van der Waals surface area contributed by atoms with E-state index in [9.17, 15) is 14.9 Å². The van der Waals surface area contributed by atoms with E-state index in [1.165, 1.54) is 12.3 Å². The lowest BCUT2D eigenvalue weighted by Crippen LogP contribution is -2.24. The molecule has 9 heteroatoms. The molecule has 0 fully saturated rings. The Balaban J connectivity index is 1.85. The smallest absolute Gasteiger partial charge is 0.324 e. The predicted molar refractivity (Wildman–Crippen MR) is 93.1 cm³/mol.